The zero-order chi connectivity index (χ0) is 30.8. The van der Waals surface area contributed by atoms with Gasteiger partial charge in [0.2, 0.25) is 0 Å². The molecule has 1 atom stereocenters. The number of allylic oxidation sites excluding steroid dienone is 2. The standard InChI is InChI=1S/C42H32N4/c1-42(2)36-12-5-3-10-32(36)33-17-14-28(23-37(33)42)30-16-19-39(45-25-30)38-18-15-29(24-44-38)27-8-7-9-31(22-27)46-40-13-6-4-11-34(40)35-26-43-21-20-41(35)46/h3-26,38,44H,1-2H3. The molecule has 0 spiro atoms. The second-order valence-electron chi connectivity index (χ2n) is 12.8. The van der Waals surface area contributed by atoms with Crippen molar-refractivity contribution in [2.75, 3.05) is 0 Å². The maximum absolute atomic E-state index is 4.90. The lowest BCUT2D eigenvalue weighted by Gasteiger charge is -2.22. The van der Waals surface area contributed by atoms with Crippen molar-refractivity contribution in [3.63, 3.8) is 0 Å². The third-order valence-corrected chi connectivity index (χ3v) is 9.82. The van der Waals surface area contributed by atoms with Crippen molar-refractivity contribution < 1.29 is 0 Å². The third kappa shape index (κ3) is 4.07. The summed E-state index contributed by atoms with van der Waals surface area (Å²) in [5.41, 5.74) is 14.5. The van der Waals surface area contributed by atoms with E-state index in [1.165, 1.54) is 38.7 Å². The summed E-state index contributed by atoms with van der Waals surface area (Å²) in [6.45, 7) is 4.65. The number of nitrogens with one attached hydrogen (secondary N) is 1. The molecule has 2 aliphatic rings. The monoisotopic (exact) mass is 592 g/mol. The molecular formula is C42H32N4. The molecule has 4 heteroatoms. The molecular weight excluding hydrogens is 560 g/mol. The van der Waals surface area contributed by atoms with Crippen LogP contribution < -0.4 is 5.32 Å². The molecule has 0 saturated carbocycles. The van der Waals surface area contributed by atoms with Gasteiger partial charge in [0, 0.05) is 52.2 Å². The molecule has 7 aromatic rings. The van der Waals surface area contributed by atoms with E-state index in [1.54, 1.807) is 0 Å². The van der Waals surface area contributed by atoms with Crippen LogP contribution in [0.5, 0.6) is 0 Å². The van der Waals surface area contributed by atoms with Crippen molar-refractivity contribution in [1.82, 2.24) is 19.9 Å². The Morgan fingerprint density at radius 1 is 0.674 bits per heavy atom. The molecule has 0 bridgehead atoms. The van der Waals surface area contributed by atoms with Crippen LogP contribution in [-0.2, 0) is 5.41 Å². The number of benzene rings is 4. The summed E-state index contributed by atoms with van der Waals surface area (Å²) in [4.78, 5) is 9.29. The average molecular weight is 593 g/mol. The first kappa shape index (κ1) is 26.6. The van der Waals surface area contributed by atoms with Crippen LogP contribution in [0, 0.1) is 0 Å². The minimum Gasteiger partial charge on any atom is -0.379 e. The fraction of sp³-hybridized carbons (Fsp3) is 0.0952. The number of nitrogens with zero attached hydrogens (tertiary/aromatic N) is 3. The number of aromatic nitrogens is 3. The van der Waals surface area contributed by atoms with Gasteiger partial charge in [0.05, 0.1) is 22.8 Å². The zero-order valence-electron chi connectivity index (χ0n) is 25.8. The predicted octanol–water partition coefficient (Wildman–Crippen LogP) is 9.79. The fourth-order valence-corrected chi connectivity index (χ4v) is 7.41. The summed E-state index contributed by atoms with van der Waals surface area (Å²) in [5, 5.41) is 5.96. The summed E-state index contributed by atoms with van der Waals surface area (Å²) in [5.74, 6) is 0. The Morgan fingerprint density at radius 3 is 2.37 bits per heavy atom. The number of rotatable bonds is 4. The molecule has 4 nitrogen and oxygen atoms in total. The van der Waals surface area contributed by atoms with Gasteiger partial charge in [0.1, 0.15) is 0 Å². The number of para-hydroxylation sites is 1. The van der Waals surface area contributed by atoms with Crippen molar-refractivity contribution in [1.29, 1.82) is 0 Å². The van der Waals surface area contributed by atoms with E-state index < -0.39 is 0 Å². The Labute approximate surface area is 268 Å². The normalized spacial score (nSPS) is 16.2. The Kier molecular flexibility index (Phi) is 5.88. The molecule has 4 heterocycles. The van der Waals surface area contributed by atoms with Gasteiger partial charge in [-0.15, -0.1) is 0 Å². The van der Waals surface area contributed by atoms with Crippen LogP contribution in [0.3, 0.4) is 0 Å². The summed E-state index contributed by atoms with van der Waals surface area (Å²) in [6.07, 6.45) is 12.3. The maximum atomic E-state index is 4.90. The number of dihydropyridines is 1. The van der Waals surface area contributed by atoms with Gasteiger partial charge in [-0.1, -0.05) is 98.8 Å². The summed E-state index contributed by atoms with van der Waals surface area (Å²) in [6, 6.07) is 39.3. The highest BCUT2D eigenvalue weighted by atomic mass is 15.0. The lowest BCUT2D eigenvalue weighted by molar-refractivity contribution is 0.660. The van der Waals surface area contributed by atoms with Crippen molar-refractivity contribution in [3.05, 3.63) is 169 Å². The molecule has 0 fully saturated rings. The lowest BCUT2D eigenvalue weighted by atomic mass is 9.81. The third-order valence-electron chi connectivity index (χ3n) is 9.82. The molecule has 4 aromatic carbocycles. The van der Waals surface area contributed by atoms with Crippen molar-refractivity contribution >= 4 is 27.4 Å². The van der Waals surface area contributed by atoms with E-state index in [0.717, 1.165) is 39.0 Å². The highest BCUT2D eigenvalue weighted by molar-refractivity contribution is 6.08. The first-order valence-electron chi connectivity index (χ1n) is 15.9. The topological polar surface area (TPSA) is 42.7 Å². The van der Waals surface area contributed by atoms with Gasteiger partial charge in [0.25, 0.3) is 0 Å². The molecule has 46 heavy (non-hydrogen) atoms. The second-order valence-corrected chi connectivity index (χ2v) is 12.8. The molecule has 9 rings (SSSR count). The number of pyridine rings is 2. The maximum Gasteiger partial charge on any atom is 0.0868 e. The minimum absolute atomic E-state index is 0.0132. The number of hydrogen-bond donors (Lipinski definition) is 1. The van der Waals surface area contributed by atoms with Gasteiger partial charge in [-0.25, -0.2) is 0 Å². The van der Waals surface area contributed by atoms with E-state index in [2.05, 4.69) is 156 Å². The van der Waals surface area contributed by atoms with Gasteiger partial charge >= 0.3 is 0 Å². The molecule has 0 amide bonds. The number of fused-ring (bicyclic) bond motifs is 6. The molecule has 1 aliphatic carbocycles. The molecule has 0 radical (unpaired) electrons. The zero-order valence-corrected chi connectivity index (χ0v) is 25.8. The van der Waals surface area contributed by atoms with Gasteiger partial charge in [0.15, 0.2) is 0 Å². The van der Waals surface area contributed by atoms with E-state index in [4.69, 9.17) is 4.98 Å². The van der Waals surface area contributed by atoms with Crippen molar-refractivity contribution in [3.8, 4) is 27.9 Å². The minimum atomic E-state index is -0.0173. The highest BCUT2D eigenvalue weighted by Gasteiger charge is 2.35. The Balaban J connectivity index is 0.966. The molecule has 1 aliphatic heterocycles. The first-order valence-corrected chi connectivity index (χ1v) is 15.9. The summed E-state index contributed by atoms with van der Waals surface area (Å²) < 4.78 is 2.32. The molecule has 0 saturated heterocycles. The van der Waals surface area contributed by atoms with Gasteiger partial charge in [-0.05, 0) is 75.4 Å². The van der Waals surface area contributed by atoms with Crippen molar-refractivity contribution in [2.45, 2.75) is 25.3 Å². The lowest BCUT2D eigenvalue weighted by Crippen LogP contribution is -2.17. The predicted molar refractivity (Wildman–Crippen MR) is 189 cm³/mol. The van der Waals surface area contributed by atoms with Crippen LogP contribution in [0.1, 0.15) is 42.3 Å². The largest absolute Gasteiger partial charge is 0.379 e. The Morgan fingerprint density at radius 2 is 1.50 bits per heavy atom. The van der Waals surface area contributed by atoms with Crippen LogP contribution in [0.4, 0.5) is 0 Å². The summed E-state index contributed by atoms with van der Waals surface area (Å²) in [7, 11) is 0. The van der Waals surface area contributed by atoms with Gasteiger partial charge in [-0.2, -0.15) is 0 Å². The molecule has 1 unspecified atom stereocenters. The first-order chi connectivity index (χ1) is 22.6. The van der Waals surface area contributed by atoms with E-state index in [1.807, 2.05) is 18.6 Å². The van der Waals surface area contributed by atoms with Crippen molar-refractivity contribution in [2.24, 2.45) is 0 Å². The highest BCUT2D eigenvalue weighted by Crippen LogP contribution is 2.49. The van der Waals surface area contributed by atoms with E-state index in [9.17, 15) is 0 Å². The van der Waals surface area contributed by atoms with Gasteiger partial charge in [-0.3, -0.25) is 9.97 Å². The quantitative estimate of drug-likeness (QED) is 0.221. The Bertz CT molecular complexity index is 2320. The van der Waals surface area contributed by atoms with Crippen LogP contribution >= 0.6 is 0 Å². The smallest absolute Gasteiger partial charge is 0.0868 e. The average Bonchev–Trinajstić information content (AvgIpc) is 3.57. The van der Waals surface area contributed by atoms with E-state index in [-0.39, 0.29) is 11.5 Å². The van der Waals surface area contributed by atoms with Crippen LogP contribution in [0.25, 0.3) is 55.3 Å². The van der Waals surface area contributed by atoms with Crippen LogP contribution in [-0.4, -0.2) is 14.5 Å². The van der Waals surface area contributed by atoms with E-state index >= 15 is 0 Å². The fourth-order valence-electron chi connectivity index (χ4n) is 7.41. The van der Waals surface area contributed by atoms with E-state index in [0.29, 0.717) is 0 Å². The summed E-state index contributed by atoms with van der Waals surface area (Å²) >= 11 is 0. The second kappa shape index (κ2) is 10.1. The van der Waals surface area contributed by atoms with Gasteiger partial charge < -0.3 is 9.88 Å². The molecule has 220 valence electrons. The molecule has 1 N–H and O–H groups in total. The van der Waals surface area contributed by atoms with Crippen LogP contribution in [0.2, 0.25) is 0 Å². The Hall–Kier alpha value is -5.74. The van der Waals surface area contributed by atoms with Crippen LogP contribution in [0.15, 0.2) is 146 Å². The number of hydrogen-bond acceptors (Lipinski definition) is 3. The SMILES string of the molecule is CC1(C)c2ccccc2-c2ccc(-c3ccc(C4C=CC(c5cccc(-n6c7ccccc7c7cnccc76)c5)=CN4)nc3)cc21. The molecule has 3 aromatic heterocycles.